The summed E-state index contributed by atoms with van der Waals surface area (Å²) < 4.78 is 0. The summed E-state index contributed by atoms with van der Waals surface area (Å²) in [6.07, 6.45) is 1.36. The second-order valence-electron chi connectivity index (χ2n) is 5.51. The first-order valence-electron chi connectivity index (χ1n) is 6.85. The minimum atomic E-state index is -0.142. The van der Waals surface area contributed by atoms with Gasteiger partial charge in [0.2, 0.25) is 11.8 Å². The molecule has 0 bridgehead atoms. The van der Waals surface area contributed by atoms with E-state index in [0.717, 1.165) is 13.0 Å². The third-order valence-electron chi connectivity index (χ3n) is 4.22. The Hall–Kier alpha value is -0.810. The van der Waals surface area contributed by atoms with Crippen LogP contribution in [-0.4, -0.2) is 53.8 Å². The van der Waals surface area contributed by atoms with Gasteiger partial charge in [0.15, 0.2) is 0 Å². The van der Waals surface area contributed by atoms with E-state index in [1.807, 2.05) is 11.8 Å². The number of nitrogens with zero attached hydrogens (tertiary/aromatic N) is 2. The van der Waals surface area contributed by atoms with Crippen molar-refractivity contribution in [3.63, 3.8) is 0 Å². The zero-order valence-corrected chi connectivity index (χ0v) is 12.5. The normalized spacial score (nSPS) is 30.7. The van der Waals surface area contributed by atoms with E-state index in [4.69, 9.17) is 5.73 Å². The lowest BCUT2D eigenvalue weighted by Crippen LogP contribution is -2.39. The Bertz CT molecular complexity index is 351. The fourth-order valence-electron chi connectivity index (χ4n) is 3.10. The van der Waals surface area contributed by atoms with E-state index in [2.05, 4.69) is 6.92 Å². The van der Waals surface area contributed by atoms with Gasteiger partial charge in [-0.25, -0.2) is 0 Å². The van der Waals surface area contributed by atoms with Gasteiger partial charge in [0.1, 0.15) is 0 Å². The van der Waals surface area contributed by atoms with Crippen LogP contribution < -0.4 is 5.73 Å². The number of carbonyl (C=O) groups excluding carboxylic acids is 2. The Labute approximate surface area is 120 Å². The van der Waals surface area contributed by atoms with E-state index in [0.29, 0.717) is 32.0 Å². The molecule has 3 unspecified atom stereocenters. The van der Waals surface area contributed by atoms with Crippen LogP contribution in [0.5, 0.6) is 0 Å². The minimum Gasteiger partial charge on any atom is -0.342 e. The highest BCUT2D eigenvalue weighted by atomic mass is 35.5. The van der Waals surface area contributed by atoms with E-state index in [9.17, 15) is 9.59 Å². The molecular formula is C13H24ClN3O2. The van der Waals surface area contributed by atoms with Crippen molar-refractivity contribution < 1.29 is 9.59 Å². The zero-order valence-electron chi connectivity index (χ0n) is 11.7. The first-order chi connectivity index (χ1) is 8.56. The van der Waals surface area contributed by atoms with E-state index in [-0.39, 0.29) is 36.2 Å². The van der Waals surface area contributed by atoms with Gasteiger partial charge in [0.05, 0.1) is 5.92 Å². The summed E-state index contributed by atoms with van der Waals surface area (Å²) in [6.45, 7) is 6.70. The number of rotatable bonds is 3. The average Bonchev–Trinajstić information content (AvgIpc) is 2.91. The number of carbonyl (C=O) groups is 2. The third-order valence-corrected chi connectivity index (χ3v) is 4.22. The van der Waals surface area contributed by atoms with Gasteiger partial charge in [-0.15, -0.1) is 12.4 Å². The number of nitrogens with two attached hydrogens (primary N) is 1. The first-order valence-corrected chi connectivity index (χ1v) is 6.85. The monoisotopic (exact) mass is 289 g/mol. The summed E-state index contributed by atoms with van der Waals surface area (Å²) in [5, 5.41) is 0. The summed E-state index contributed by atoms with van der Waals surface area (Å²) in [5.41, 5.74) is 5.68. The summed E-state index contributed by atoms with van der Waals surface area (Å²) in [4.78, 5) is 27.8. The maximum atomic E-state index is 12.4. The SMILES string of the molecule is CCN1CC(C(=O)N2CC(CN)CC2C)CC1=O.Cl. The minimum absolute atomic E-state index is 0. The van der Waals surface area contributed by atoms with Crippen molar-refractivity contribution in [1.29, 1.82) is 0 Å². The predicted octanol–water partition coefficient (Wildman–Crippen LogP) is 0.472. The predicted molar refractivity (Wildman–Crippen MR) is 75.9 cm³/mol. The molecule has 0 radical (unpaired) electrons. The highest BCUT2D eigenvalue weighted by Gasteiger charge is 2.39. The zero-order chi connectivity index (χ0) is 13.3. The van der Waals surface area contributed by atoms with Crippen molar-refractivity contribution in [3.05, 3.63) is 0 Å². The van der Waals surface area contributed by atoms with Gasteiger partial charge in [-0.2, -0.15) is 0 Å². The molecule has 0 aromatic carbocycles. The molecule has 2 amide bonds. The standard InChI is InChI=1S/C13H23N3O2.ClH/c1-3-15-8-11(5-12(15)17)13(18)16-7-10(6-14)4-9(16)2;/h9-11H,3-8,14H2,1-2H3;1H. The second-order valence-corrected chi connectivity index (χ2v) is 5.51. The van der Waals surface area contributed by atoms with Crippen LogP contribution in [0.3, 0.4) is 0 Å². The van der Waals surface area contributed by atoms with Crippen LogP contribution >= 0.6 is 12.4 Å². The molecule has 3 atom stereocenters. The van der Waals surface area contributed by atoms with Gasteiger partial charge < -0.3 is 15.5 Å². The number of hydrogen-bond acceptors (Lipinski definition) is 3. The third kappa shape index (κ3) is 3.20. The number of amides is 2. The highest BCUT2D eigenvalue weighted by molar-refractivity contribution is 5.89. The maximum absolute atomic E-state index is 12.4. The smallest absolute Gasteiger partial charge is 0.228 e. The average molecular weight is 290 g/mol. The van der Waals surface area contributed by atoms with E-state index < -0.39 is 0 Å². The Morgan fingerprint density at radius 1 is 1.42 bits per heavy atom. The van der Waals surface area contributed by atoms with Crippen molar-refractivity contribution in [2.24, 2.45) is 17.6 Å². The second kappa shape index (κ2) is 6.57. The molecule has 19 heavy (non-hydrogen) atoms. The molecule has 2 heterocycles. The van der Waals surface area contributed by atoms with Gasteiger partial charge in [-0.3, -0.25) is 9.59 Å². The van der Waals surface area contributed by atoms with E-state index >= 15 is 0 Å². The summed E-state index contributed by atoms with van der Waals surface area (Å²) >= 11 is 0. The van der Waals surface area contributed by atoms with Gasteiger partial charge in [0.25, 0.3) is 0 Å². The van der Waals surface area contributed by atoms with E-state index in [1.165, 1.54) is 0 Å². The Morgan fingerprint density at radius 2 is 2.11 bits per heavy atom. The molecule has 110 valence electrons. The van der Waals surface area contributed by atoms with Crippen LogP contribution in [0.25, 0.3) is 0 Å². The summed E-state index contributed by atoms with van der Waals surface area (Å²) in [5.74, 6) is 0.528. The summed E-state index contributed by atoms with van der Waals surface area (Å²) in [7, 11) is 0. The summed E-state index contributed by atoms with van der Waals surface area (Å²) in [6, 6.07) is 0.261. The molecule has 0 aromatic rings. The van der Waals surface area contributed by atoms with Crippen LogP contribution in [0.2, 0.25) is 0 Å². The number of halogens is 1. The van der Waals surface area contributed by atoms with Crippen LogP contribution in [-0.2, 0) is 9.59 Å². The molecule has 2 aliphatic heterocycles. The van der Waals surface area contributed by atoms with Crippen molar-refractivity contribution in [2.75, 3.05) is 26.2 Å². The molecular weight excluding hydrogens is 266 g/mol. The van der Waals surface area contributed by atoms with Crippen molar-refractivity contribution in [2.45, 2.75) is 32.7 Å². The Kier molecular flexibility index (Phi) is 5.62. The molecule has 6 heteroatoms. The maximum Gasteiger partial charge on any atom is 0.228 e. The van der Waals surface area contributed by atoms with Gasteiger partial charge in [-0.1, -0.05) is 0 Å². The van der Waals surface area contributed by atoms with Gasteiger partial charge in [-0.05, 0) is 32.7 Å². The van der Waals surface area contributed by atoms with Crippen LogP contribution in [0.1, 0.15) is 26.7 Å². The molecule has 0 spiro atoms. The fraction of sp³-hybridized carbons (Fsp3) is 0.846. The van der Waals surface area contributed by atoms with Crippen molar-refractivity contribution in [3.8, 4) is 0 Å². The highest BCUT2D eigenvalue weighted by Crippen LogP contribution is 2.27. The fourth-order valence-corrected chi connectivity index (χ4v) is 3.10. The van der Waals surface area contributed by atoms with Crippen LogP contribution in [0.15, 0.2) is 0 Å². The topological polar surface area (TPSA) is 66.6 Å². The Balaban J connectivity index is 0.00000180. The van der Waals surface area contributed by atoms with Gasteiger partial charge in [0, 0.05) is 32.1 Å². The van der Waals surface area contributed by atoms with Crippen LogP contribution in [0, 0.1) is 11.8 Å². The van der Waals surface area contributed by atoms with Gasteiger partial charge >= 0.3 is 0 Å². The molecule has 5 nitrogen and oxygen atoms in total. The molecule has 2 aliphatic rings. The lowest BCUT2D eigenvalue weighted by molar-refractivity contribution is -0.136. The van der Waals surface area contributed by atoms with Crippen molar-refractivity contribution in [1.82, 2.24) is 9.80 Å². The van der Waals surface area contributed by atoms with Crippen LogP contribution in [0.4, 0.5) is 0 Å². The van der Waals surface area contributed by atoms with E-state index in [1.54, 1.807) is 4.90 Å². The largest absolute Gasteiger partial charge is 0.342 e. The first kappa shape index (κ1) is 16.2. The molecule has 2 N–H and O–H groups in total. The Morgan fingerprint density at radius 3 is 2.58 bits per heavy atom. The molecule has 2 fully saturated rings. The quantitative estimate of drug-likeness (QED) is 0.821. The molecule has 0 saturated carbocycles. The molecule has 0 aliphatic carbocycles. The lowest BCUT2D eigenvalue weighted by atomic mass is 10.1. The number of hydrogen-bond donors (Lipinski definition) is 1. The molecule has 2 saturated heterocycles. The molecule has 2 rings (SSSR count). The van der Waals surface area contributed by atoms with Crippen molar-refractivity contribution >= 4 is 24.2 Å². The number of likely N-dealkylation sites (tertiary alicyclic amines) is 2. The lowest BCUT2D eigenvalue weighted by Gasteiger charge is -2.24. The molecule has 0 aromatic heterocycles.